The van der Waals surface area contributed by atoms with Crippen LogP contribution >= 0.6 is 0 Å². The number of rotatable bonds is 9. The van der Waals surface area contributed by atoms with Crippen molar-refractivity contribution < 1.29 is 14.3 Å². The van der Waals surface area contributed by atoms with Gasteiger partial charge >= 0.3 is 221 Å². The van der Waals surface area contributed by atoms with E-state index in [1.165, 1.54) is 18.4 Å². The molecule has 0 spiro atoms. The van der Waals surface area contributed by atoms with E-state index >= 15 is 0 Å². The molecule has 2 aliphatic rings. The van der Waals surface area contributed by atoms with Gasteiger partial charge in [0.15, 0.2) is 0 Å². The van der Waals surface area contributed by atoms with Crippen LogP contribution in [0.1, 0.15) is 42.9 Å². The molecular weight excluding hydrogens is 527 g/mol. The fourth-order valence-corrected chi connectivity index (χ4v) is 7.51. The van der Waals surface area contributed by atoms with E-state index in [0.29, 0.717) is 16.1 Å². The number of nitrogens with one attached hydrogen (secondary N) is 1. The average Bonchev–Trinajstić information content (AvgIpc) is 3.44. The van der Waals surface area contributed by atoms with E-state index in [0.717, 1.165) is 61.1 Å². The molecule has 1 saturated carbocycles. The minimum atomic E-state index is -0.591. The van der Waals surface area contributed by atoms with Crippen LogP contribution in [-0.4, -0.2) is 75.5 Å². The van der Waals surface area contributed by atoms with Crippen LogP contribution in [0, 0.1) is 0 Å². The van der Waals surface area contributed by atoms with Crippen molar-refractivity contribution in [1.82, 2.24) is 14.9 Å². The molecule has 1 N–H and O–H groups in total. The summed E-state index contributed by atoms with van der Waals surface area (Å²) in [6, 6.07) is 14.6. The van der Waals surface area contributed by atoms with Gasteiger partial charge in [0.05, 0.1) is 0 Å². The number of carbonyl (C=O) groups is 1. The van der Waals surface area contributed by atoms with E-state index in [1.54, 1.807) is 12.4 Å². The molecule has 1 saturated heterocycles. The fourth-order valence-electron chi connectivity index (χ4n) is 4.88. The third-order valence-corrected chi connectivity index (χ3v) is 10.00. The summed E-state index contributed by atoms with van der Waals surface area (Å²) < 4.78 is 13.3. The number of hydrogen-bond donors (Lipinski definition) is 1. The summed E-state index contributed by atoms with van der Waals surface area (Å²) in [7, 11) is 0. The minimum absolute atomic E-state index is 0.157. The summed E-state index contributed by atoms with van der Waals surface area (Å²) >= 11 is -0.591. The Labute approximate surface area is 225 Å². The van der Waals surface area contributed by atoms with Crippen molar-refractivity contribution in [3.63, 3.8) is 0 Å². The van der Waals surface area contributed by atoms with Crippen LogP contribution in [-0.2, 0) is 9.53 Å². The Hall–Kier alpha value is -2.73. The van der Waals surface area contributed by atoms with Gasteiger partial charge in [-0.3, -0.25) is 0 Å². The summed E-state index contributed by atoms with van der Waals surface area (Å²) in [6.07, 6.45) is 9.82. The SMILES string of the molecule is C[C@@H]([AsH]c1ncnc2cc(OC3CCCC3)c(NC(=O)C=CCN3CCOCC3)cc12)c1ccccc1. The number of ether oxygens (including phenoxy) is 2. The standard InChI is InChI=1S/C29H35AsN4O3/c1-21(22-8-3-2-4-9-22)30-29-24-18-26(33-28(35)12-7-13-34-14-16-36-17-15-34)27(19-25(24)31-20-32-29)37-23-10-5-6-11-23/h2-4,7-9,12,18-21,23,30H,5-6,10-11,13-17H2,1H3,(H,33,35)/t21-/m1/s1. The topological polar surface area (TPSA) is 76.6 Å². The Kier molecular flexibility index (Phi) is 8.88. The summed E-state index contributed by atoms with van der Waals surface area (Å²) in [5.74, 6) is 0.533. The summed E-state index contributed by atoms with van der Waals surface area (Å²) in [5.41, 5.74) is 2.88. The Morgan fingerprint density at radius 1 is 1.19 bits per heavy atom. The summed E-state index contributed by atoms with van der Waals surface area (Å²) in [4.78, 5) is 24.4. The molecule has 8 heteroatoms. The first-order valence-electron chi connectivity index (χ1n) is 13.2. The van der Waals surface area contributed by atoms with Gasteiger partial charge in [-0.1, -0.05) is 0 Å². The van der Waals surface area contributed by atoms with Crippen LogP contribution in [0.3, 0.4) is 0 Å². The van der Waals surface area contributed by atoms with E-state index in [4.69, 9.17) is 9.47 Å². The van der Waals surface area contributed by atoms with E-state index in [-0.39, 0.29) is 12.0 Å². The van der Waals surface area contributed by atoms with Crippen LogP contribution in [0.5, 0.6) is 5.75 Å². The molecule has 0 radical (unpaired) electrons. The van der Waals surface area contributed by atoms with Crippen molar-refractivity contribution in [1.29, 1.82) is 0 Å². The van der Waals surface area contributed by atoms with Crippen LogP contribution in [0.15, 0.2) is 60.9 Å². The molecule has 1 aliphatic heterocycles. The van der Waals surface area contributed by atoms with Crippen LogP contribution in [0.25, 0.3) is 10.9 Å². The third-order valence-electron chi connectivity index (χ3n) is 6.98. The number of morpholine rings is 1. The zero-order valence-corrected chi connectivity index (χ0v) is 23.5. The molecule has 3 aromatic rings. The molecule has 2 atom stereocenters. The first-order chi connectivity index (χ1) is 18.2. The zero-order valence-electron chi connectivity index (χ0n) is 21.4. The Bertz CT molecular complexity index is 1220. The second-order valence-corrected chi connectivity index (χ2v) is 13.1. The predicted molar refractivity (Wildman–Crippen MR) is 149 cm³/mol. The number of amides is 1. The van der Waals surface area contributed by atoms with Crippen molar-refractivity contribution in [3.05, 3.63) is 66.5 Å². The van der Waals surface area contributed by atoms with Gasteiger partial charge in [-0.2, -0.15) is 0 Å². The average molecular weight is 563 g/mol. The number of anilines is 1. The molecule has 1 unspecified atom stereocenters. The molecule has 1 amide bonds. The van der Waals surface area contributed by atoms with Gasteiger partial charge in [0.1, 0.15) is 0 Å². The molecule has 194 valence electrons. The second kappa shape index (κ2) is 12.7. The Morgan fingerprint density at radius 2 is 1.97 bits per heavy atom. The van der Waals surface area contributed by atoms with Gasteiger partial charge in [0.25, 0.3) is 0 Å². The number of hydrogen-bond acceptors (Lipinski definition) is 6. The van der Waals surface area contributed by atoms with Gasteiger partial charge in [0.2, 0.25) is 0 Å². The molecule has 0 bridgehead atoms. The number of carbonyl (C=O) groups excluding carboxylic acids is 1. The van der Waals surface area contributed by atoms with Crippen molar-refractivity contribution in [2.75, 3.05) is 38.2 Å². The first-order valence-corrected chi connectivity index (χ1v) is 15.5. The zero-order chi connectivity index (χ0) is 25.5. The van der Waals surface area contributed by atoms with E-state index in [1.807, 2.05) is 24.3 Å². The number of benzene rings is 2. The number of aromatic nitrogens is 2. The maximum absolute atomic E-state index is 12.9. The predicted octanol–water partition coefficient (Wildman–Crippen LogP) is 3.60. The summed E-state index contributed by atoms with van der Waals surface area (Å²) in [5, 5.41) is 4.09. The second-order valence-electron chi connectivity index (χ2n) is 9.69. The van der Waals surface area contributed by atoms with Crippen molar-refractivity contribution >= 4 is 42.7 Å². The monoisotopic (exact) mass is 562 g/mol. The van der Waals surface area contributed by atoms with Gasteiger partial charge in [-0.25, -0.2) is 0 Å². The van der Waals surface area contributed by atoms with Gasteiger partial charge < -0.3 is 4.74 Å². The molecule has 1 aromatic heterocycles. The van der Waals surface area contributed by atoms with Crippen molar-refractivity contribution in [3.8, 4) is 5.75 Å². The van der Waals surface area contributed by atoms with Crippen molar-refractivity contribution in [2.24, 2.45) is 0 Å². The Morgan fingerprint density at radius 3 is 2.76 bits per heavy atom. The normalized spacial score (nSPS) is 18.2. The summed E-state index contributed by atoms with van der Waals surface area (Å²) in [6.45, 7) is 6.28. The molecular formula is C29H35AsN4O3. The molecule has 7 nitrogen and oxygen atoms in total. The fraction of sp³-hybridized carbons (Fsp3) is 0.414. The van der Waals surface area contributed by atoms with E-state index < -0.39 is 15.8 Å². The maximum atomic E-state index is 12.9. The van der Waals surface area contributed by atoms with E-state index in [9.17, 15) is 4.79 Å². The molecule has 1 aliphatic carbocycles. The Balaban J connectivity index is 1.38. The quantitative estimate of drug-likeness (QED) is 0.317. The van der Waals surface area contributed by atoms with E-state index in [2.05, 4.69) is 51.4 Å². The van der Waals surface area contributed by atoms with Gasteiger partial charge in [0, 0.05) is 0 Å². The molecule has 37 heavy (non-hydrogen) atoms. The van der Waals surface area contributed by atoms with Crippen LogP contribution in [0.4, 0.5) is 5.69 Å². The van der Waals surface area contributed by atoms with Gasteiger partial charge in [-0.05, 0) is 0 Å². The third kappa shape index (κ3) is 6.98. The molecule has 5 rings (SSSR count). The van der Waals surface area contributed by atoms with Crippen LogP contribution < -0.4 is 14.5 Å². The first kappa shape index (κ1) is 25.9. The van der Waals surface area contributed by atoms with Gasteiger partial charge in [-0.15, -0.1) is 0 Å². The molecule has 2 heterocycles. The van der Waals surface area contributed by atoms with Crippen LogP contribution in [0.2, 0.25) is 0 Å². The molecule has 2 fully saturated rings. The van der Waals surface area contributed by atoms with Crippen molar-refractivity contribution in [2.45, 2.75) is 43.4 Å². The molecule has 2 aromatic carbocycles. The number of nitrogens with zero attached hydrogens (tertiary/aromatic N) is 3. The number of fused-ring (bicyclic) bond motifs is 1.